The molecular formula is C18H19N3O3S. The van der Waals surface area contributed by atoms with Crippen molar-refractivity contribution in [2.75, 3.05) is 25.1 Å². The number of nitrogens with zero attached hydrogens (tertiary/aromatic N) is 1. The van der Waals surface area contributed by atoms with Gasteiger partial charge >= 0.3 is 6.03 Å². The van der Waals surface area contributed by atoms with E-state index in [4.69, 9.17) is 9.84 Å². The summed E-state index contributed by atoms with van der Waals surface area (Å²) in [5, 5.41) is 14.5. The van der Waals surface area contributed by atoms with Crippen LogP contribution in [0.3, 0.4) is 0 Å². The van der Waals surface area contributed by atoms with Gasteiger partial charge in [-0.05, 0) is 30.7 Å². The Hall–Kier alpha value is -2.64. The Morgan fingerprint density at radius 3 is 2.92 bits per heavy atom. The summed E-state index contributed by atoms with van der Waals surface area (Å²) in [6.45, 7) is 2.67. The number of benzene rings is 2. The van der Waals surface area contributed by atoms with Crippen LogP contribution in [0.15, 0.2) is 42.5 Å². The lowest BCUT2D eigenvalue weighted by molar-refractivity contribution is 0.245. The summed E-state index contributed by atoms with van der Waals surface area (Å²) in [7, 11) is 0. The second-order valence-corrected chi connectivity index (χ2v) is 6.27. The third kappa shape index (κ3) is 4.07. The maximum absolute atomic E-state index is 11.7. The molecule has 0 radical (unpaired) electrons. The number of carbonyl (C=O) groups is 1. The average Bonchev–Trinajstić information content (AvgIpc) is 3.02. The standard InChI is InChI=1S/C18H19N3O3S/c1-2-24-15-6-4-3-5-13(15)12-7-8-14-16(11-12)25-18(20-14)21-17(23)19-9-10-22/h3-8,11,22H,2,9-10H2,1H3,(H2,19,20,21,23). The molecule has 1 aromatic heterocycles. The van der Waals surface area contributed by atoms with Crippen LogP contribution in [0.2, 0.25) is 0 Å². The number of ether oxygens (including phenoxy) is 1. The van der Waals surface area contributed by atoms with E-state index >= 15 is 0 Å². The lowest BCUT2D eigenvalue weighted by Gasteiger charge is -2.09. The first kappa shape index (κ1) is 17.2. The molecule has 0 aliphatic rings. The van der Waals surface area contributed by atoms with Crippen LogP contribution in [0.1, 0.15) is 6.92 Å². The van der Waals surface area contributed by atoms with E-state index < -0.39 is 0 Å². The lowest BCUT2D eigenvalue weighted by atomic mass is 10.0. The van der Waals surface area contributed by atoms with Crippen LogP contribution in [-0.2, 0) is 0 Å². The maximum atomic E-state index is 11.7. The van der Waals surface area contributed by atoms with Gasteiger partial charge in [-0.25, -0.2) is 9.78 Å². The molecule has 1 heterocycles. The summed E-state index contributed by atoms with van der Waals surface area (Å²) in [6.07, 6.45) is 0. The van der Waals surface area contributed by atoms with Gasteiger partial charge in [0.1, 0.15) is 5.75 Å². The molecule has 2 amide bonds. The van der Waals surface area contributed by atoms with Gasteiger partial charge in [0.25, 0.3) is 0 Å². The van der Waals surface area contributed by atoms with E-state index in [1.165, 1.54) is 11.3 Å². The number of amides is 2. The number of carbonyl (C=O) groups excluding carboxylic acids is 1. The zero-order chi connectivity index (χ0) is 17.6. The molecule has 0 saturated carbocycles. The van der Waals surface area contributed by atoms with Gasteiger partial charge in [-0.1, -0.05) is 35.6 Å². The molecule has 3 aromatic rings. The SMILES string of the molecule is CCOc1ccccc1-c1ccc2nc(NC(=O)NCCO)sc2c1. The topological polar surface area (TPSA) is 83.5 Å². The molecule has 0 aliphatic carbocycles. The minimum Gasteiger partial charge on any atom is -0.493 e. The van der Waals surface area contributed by atoms with Crippen LogP contribution in [0, 0.1) is 0 Å². The first-order valence-electron chi connectivity index (χ1n) is 7.99. The molecule has 0 bridgehead atoms. The first-order valence-corrected chi connectivity index (χ1v) is 8.81. The Kier molecular flexibility index (Phi) is 5.47. The maximum Gasteiger partial charge on any atom is 0.321 e. The highest BCUT2D eigenvalue weighted by Crippen LogP contribution is 2.34. The van der Waals surface area contributed by atoms with Crippen molar-refractivity contribution in [2.24, 2.45) is 0 Å². The Morgan fingerprint density at radius 1 is 1.28 bits per heavy atom. The number of hydrogen-bond donors (Lipinski definition) is 3. The smallest absolute Gasteiger partial charge is 0.321 e. The second-order valence-electron chi connectivity index (χ2n) is 5.24. The number of hydrogen-bond acceptors (Lipinski definition) is 5. The number of para-hydroxylation sites is 1. The van der Waals surface area contributed by atoms with Crippen LogP contribution in [-0.4, -0.2) is 35.9 Å². The summed E-state index contributed by atoms with van der Waals surface area (Å²) < 4.78 is 6.67. The van der Waals surface area contributed by atoms with Gasteiger partial charge in [0, 0.05) is 12.1 Å². The Morgan fingerprint density at radius 2 is 2.12 bits per heavy atom. The fourth-order valence-electron chi connectivity index (χ4n) is 2.44. The van der Waals surface area contributed by atoms with Gasteiger partial charge in [-0.2, -0.15) is 0 Å². The van der Waals surface area contributed by atoms with E-state index in [-0.39, 0.29) is 19.2 Å². The predicted molar refractivity (Wildman–Crippen MR) is 100 cm³/mol. The van der Waals surface area contributed by atoms with Crippen molar-refractivity contribution in [2.45, 2.75) is 6.92 Å². The van der Waals surface area contributed by atoms with E-state index in [2.05, 4.69) is 15.6 Å². The number of aliphatic hydroxyl groups excluding tert-OH is 1. The van der Waals surface area contributed by atoms with Crippen molar-refractivity contribution < 1.29 is 14.6 Å². The Labute approximate surface area is 149 Å². The highest BCUT2D eigenvalue weighted by atomic mass is 32.1. The quantitative estimate of drug-likeness (QED) is 0.631. The van der Waals surface area contributed by atoms with Crippen LogP contribution >= 0.6 is 11.3 Å². The number of fused-ring (bicyclic) bond motifs is 1. The molecule has 0 fully saturated rings. The summed E-state index contributed by atoms with van der Waals surface area (Å²) in [5.41, 5.74) is 2.88. The number of anilines is 1. The molecule has 0 spiro atoms. The second kappa shape index (κ2) is 7.96. The van der Waals surface area contributed by atoms with Gasteiger partial charge in [0.2, 0.25) is 0 Å². The largest absolute Gasteiger partial charge is 0.493 e. The number of urea groups is 1. The van der Waals surface area contributed by atoms with Gasteiger partial charge in [0.15, 0.2) is 5.13 Å². The molecule has 0 saturated heterocycles. The first-order chi connectivity index (χ1) is 12.2. The molecule has 7 heteroatoms. The van der Waals surface area contributed by atoms with Crippen molar-refractivity contribution in [1.29, 1.82) is 0 Å². The zero-order valence-corrected chi connectivity index (χ0v) is 14.6. The van der Waals surface area contributed by atoms with E-state index in [9.17, 15) is 4.79 Å². The van der Waals surface area contributed by atoms with Gasteiger partial charge in [0.05, 0.1) is 23.4 Å². The summed E-state index contributed by atoms with van der Waals surface area (Å²) in [4.78, 5) is 16.1. The molecule has 130 valence electrons. The third-order valence-corrected chi connectivity index (χ3v) is 4.44. The summed E-state index contributed by atoms with van der Waals surface area (Å²) in [6, 6.07) is 13.5. The van der Waals surface area contributed by atoms with Crippen molar-refractivity contribution in [3.63, 3.8) is 0 Å². The van der Waals surface area contributed by atoms with Gasteiger partial charge in [-0.3, -0.25) is 5.32 Å². The number of rotatable bonds is 6. The van der Waals surface area contributed by atoms with E-state index in [1.807, 2.05) is 49.4 Å². The molecule has 0 aliphatic heterocycles. The van der Waals surface area contributed by atoms with Crippen molar-refractivity contribution in [1.82, 2.24) is 10.3 Å². The minimum absolute atomic E-state index is 0.101. The van der Waals surface area contributed by atoms with Crippen LogP contribution in [0.25, 0.3) is 21.3 Å². The minimum atomic E-state index is -0.380. The van der Waals surface area contributed by atoms with Crippen LogP contribution < -0.4 is 15.4 Å². The fourth-order valence-corrected chi connectivity index (χ4v) is 3.34. The molecule has 2 aromatic carbocycles. The molecule has 0 atom stereocenters. The lowest BCUT2D eigenvalue weighted by Crippen LogP contribution is -2.30. The van der Waals surface area contributed by atoms with Crippen molar-refractivity contribution in [3.8, 4) is 16.9 Å². The predicted octanol–water partition coefficient (Wildman–Crippen LogP) is 3.48. The number of nitrogens with one attached hydrogen (secondary N) is 2. The summed E-state index contributed by atoms with van der Waals surface area (Å²) in [5.74, 6) is 0.843. The van der Waals surface area contributed by atoms with E-state index in [1.54, 1.807) is 0 Å². The molecule has 25 heavy (non-hydrogen) atoms. The molecule has 3 N–H and O–H groups in total. The van der Waals surface area contributed by atoms with E-state index in [0.717, 1.165) is 27.1 Å². The highest BCUT2D eigenvalue weighted by molar-refractivity contribution is 7.22. The van der Waals surface area contributed by atoms with Crippen molar-refractivity contribution >= 4 is 32.7 Å². The number of thiazole rings is 1. The Bertz CT molecular complexity index is 879. The fraction of sp³-hybridized carbons (Fsp3) is 0.222. The Balaban J connectivity index is 1.87. The van der Waals surface area contributed by atoms with Gasteiger partial charge < -0.3 is 15.2 Å². The molecule has 3 rings (SSSR count). The monoisotopic (exact) mass is 357 g/mol. The number of aliphatic hydroxyl groups is 1. The average molecular weight is 357 g/mol. The van der Waals surface area contributed by atoms with Gasteiger partial charge in [-0.15, -0.1) is 0 Å². The number of aromatic nitrogens is 1. The normalized spacial score (nSPS) is 10.6. The molecule has 0 unspecified atom stereocenters. The highest BCUT2D eigenvalue weighted by Gasteiger charge is 2.10. The third-order valence-electron chi connectivity index (χ3n) is 3.50. The zero-order valence-electron chi connectivity index (χ0n) is 13.8. The van der Waals surface area contributed by atoms with Crippen LogP contribution in [0.4, 0.5) is 9.93 Å². The van der Waals surface area contributed by atoms with Crippen molar-refractivity contribution in [3.05, 3.63) is 42.5 Å². The van der Waals surface area contributed by atoms with Crippen LogP contribution in [0.5, 0.6) is 5.75 Å². The summed E-state index contributed by atoms with van der Waals surface area (Å²) >= 11 is 1.40. The molecular weight excluding hydrogens is 338 g/mol. The molecule has 6 nitrogen and oxygen atoms in total. The van der Waals surface area contributed by atoms with E-state index in [0.29, 0.717) is 11.7 Å².